The van der Waals surface area contributed by atoms with Gasteiger partial charge in [0.05, 0.1) is 12.7 Å². The van der Waals surface area contributed by atoms with Crippen LogP contribution in [0.25, 0.3) is 0 Å². The lowest BCUT2D eigenvalue weighted by atomic mass is 9.66. The number of carbonyl (C=O) groups is 1. The van der Waals surface area contributed by atoms with Gasteiger partial charge in [0, 0.05) is 68.7 Å². The summed E-state index contributed by atoms with van der Waals surface area (Å²) in [6.07, 6.45) is 6.90. The molecule has 1 aromatic rings. The first kappa shape index (κ1) is 16.9. The molecule has 3 fully saturated rings. The molecule has 0 aromatic carbocycles. The van der Waals surface area contributed by atoms with Crippen LogP contribution in [0, 0.1) is 11.8 Å². The largest absolute Gasteiger partial charge is 0.384 e. The summed E-state index contributed by atoms with van der Waals surface area (Å²) in [5, 5.41) is 3.85. The Morgan fingerprint density at radius 1 is 1.32 bits per heavy atom. The van der Waals surface area contributed by atoms with Crippen LogP contribution in [0.15, 0.2) is 24.5 Å². The van der Waals surface area contributed by atoms with Crippen molar-refractivity contribution in [2.75, 3.05) is 33.4 Å². The van der Waals surface area contributed by atoms with Gasteiger partial charge < -0.3 is 19.7 Å². The smallest absolute Gasteiger partial charge is 0.253 e. The number of amides is 1. The van der Waals surface area contributed by atoms with E-state index in [4.69, 9.17) is 9.47 Å². The predicted octanol–water partition coefficient (Wildman–Crippen LogP) is 1.33. The Morgan fingerprint density at radius 3 is 2.80 bits per heavy atom. The van der Waals surface area contributed by atoms with Gasteiger partial charge in [-0.3, -0.25) is 9.78 Å². The minimum Gasteiger partial charge on any atom is -0.384 e. The molecule has 3 heterocycles. The van der Waals surface area contributed by atoms with Gasteiger partial charge in [0.2, 0.25) is 0 Å². The van der Waals surface area contributed by atoms with Crippen molar-refractivity contribution >= 4 is 5.91 Å². The zero-order valence-corrected chi connectivity index (χ0v) is 14.8. The summed E-state index contributed by atoms with van der Waals surface area (Å²) in [6.45, 7) is 3.26. The predicted molar refractivity (Wildman–Crippen MR) is 93.3 cm³/mol. The van der Waals surface area contributed by atoms with Crippen molar-refractivity contribution in [3.05, 3.63) is 30.1 Å². The van der Waals surface area contributed by atoms with E-state index in [9.17, 15) is 4.79 Å². The van der Waals surface area contributed by atoms with Gasteiger partial charge in [-0.2, -0.15) is 0 Å². The molecule has 136 valence electrons. The van der Waals surface area contributed by atoms with Crippen LogP contribution in [0.5, 0.6) is 0 Å². The summed E-state index contributed by atoms with van der Waals surface area (Å²) >= 11 is 0. The van der Waals surface area contributed by atoms with Crippen molar-refractivity contribution in [2.24, 2.45) is 11.8 Å². The lowest BCUT2D eigenvalue weighted by molar-refractivity contribution is -0.0880. The van der Waals surface area contributed by atoms with Crippen molar-refractivity contribution in [3.8, 4) is 0 Å². The van der Waals surface area contributed by atoms with Crippen LogP contribution in [-0.2, 0) is 9.47 Å². The van der Waals surface area contributed by atoms with E-state index in [2.05, 4.69) is 10.3 Å². The van der Waals surface area contributed by atoms with Crippen LogP contribution in [0.4, 0.5) is 0 Å². The highest BCUT2D eigenvalue weighted by molar-refractivity contribution is 5.94. The van der Waals surface area contributed by atoms with E-state index in [1.54, 1.807) is 31.6 Å². The Labute approximate surface area is 148 Å². The molecule has 1 saturated carbocycles. The van der Waals surface area contributed by atoms with E-state index >= 15 is 0 Å². The number of nitrogens with zero attached hydrogens (tertiary/aromatic N) is 2. The number of methoxy groups -OCH3 is 1. The summed E-state index contributed by atoms with van der Waals surface area (Å²) in [4.78, 5) is 18.5. The number of hydrogen-bond acceptors (Lipinski definition) is 5. The van der Waals surface area contributed by atoms with Crippen LogP contribution < -0.4 is 5.32 Å². The molecule has 0 bridgehead atoms. The number of aromatic nitrogens is 1. The first-order valence-corrected chi connectivity index (χ1v) is 9.34. The molecule has 0 radical (unpaired) electrons. The second kappa shape index (κ2) is 7.40. The first-order chi connectivity index (χ1) is 12.3. The van der Waals surface area contributed by atoms with Crippen molar-refractivity contribution < 1.29 is 14.3 Å². The molecule has 1 amide bonds. The third kappa shape index (κ3) is 3.30. The van der Waals surface area contributed by atoms with Gasteiger partial charge in [0.15, 0.2) is 0 Å². The number of hydrogen-bond donors (Lipinski definition) is 1. The van der Waals surface area contributed by atoms with Crippen molar-refractivity contribution in [3.63, 3.8) is 0 Å². The summed E-state index contributed by atoms with van der Waals surface area (Å²) in [7, 11) is 1.77. The molecule has 2 saturated heterocycles. The van der Waals surface area contributed by atoms with Crippen molar-refractivity contribution in [1.29, 1.82) is 0 Å². The van der Waals surface area contributed by atoms with Gasteiger partial charge in [-0.1, -0.05) is 0 Å². The molecule has 2 aliphatic heterocycles. The van der Waals surface area contributed by atoms with Gasteiger partial charge in [-0.15, -0.1) is 0 Å². The molecule has 0 unspecified atom stereocenters. The average molecular weight is 345 g/mol. The molecule has 6 nitrogen and oxygen atoms in total. The second-order valence-corrected chi connectivity index (χ2v) is 7.40. The molecular formula is C19H27N3O3. The maximum absolute atomic E-state index is 12.5. The summed E-state index contributed by atoms with van der Waals surface area (Å²) in [5.41, 5.74) is 0.728. The van der Waals surface area contributed by atoms with E-state index in [1.807, 2.05) is 4.90 Å². The van der Waals surface area contributed by atoms with Gasteiger partial charge in [0.1, 0.15) is 0 Å². The van der Waals surface area contributed by atoms with E-state index in [1.165, 1.54) is 0 Å². The monoisotopic (exact) mass is 345 g/mol. The molecule has 1 aliphatic carbocycles. The number of likely N-dealkylation sites (tertiary alicyclic amines) is 1. The van der Waals surface area contributed by atoms with E-state index < -0.39 is 0 Å². The summed E-state index contributed by atoms with van der Waals surface area (Å²) in [6, 6.07) is 4.56. The Bertz CT molecular complexity index is 589. The molecular weight excluding hydrogens is 318 g/mol. The topological polar surface area (TPSA) is 63.7 Å². The third-order valence-corrected chi connectivity index (χ3v) is 6.02. The normalized spacial score (nSPS) is 32.3. The van der Waals surface area contributed by atoms with Crippen LogP contribution in [0.1, 0.15) is 29.6 Å². The van der Waals surface area contributed by atoms with E-state index in [-0.39, 0.29) is 5.91 Å². The van der Waals surface area contributed by atoms with Crippen LogP contribution in [0.3, 0.4) is 0 Å². The minimum atomic E-state index is 0.117. The van der Waals surface area contributed by atoms with Gasteiger partial charge in [0.25, 0.3) is 5.91 Å². The molecule has 4 atom stereocenters. The van der Waals surface area contributed by atoms with Crippen molar-refractivity contribution in [2.45, 2.75) is 37.5 Å². The number of nitrogens with one attached hydrogen (secondary N) is 1. The zero-order valence-electron chi connectivity index (χ0n) is 14.8. The number of fused-ring (bicyclic) bond motifs is 1. The summed E-state index contributed by atoms with van der Waals surface area (Å²) < 4.78 is 11.2. The van der Waals surface area contributed by atoms with Crippen LogP contribution in [0.2, 0.25) is 0 Å². The standard InChI is InChI=1S/C19H27N3O3/c1-24-12-16-17(15-6-11-25-18(15)16)21-14-4-9-22(10-5-14)19(23)13-2-7-20-8-3-13/h2-3,7-8,14-18,21H,4-6,9-12H2,1H3/t15-,16+,17-,18-/m1/s1. The summed E-state index contributed by atoms with van der Waals surface area (Å²) in [5.74, 6) is 1.22. The molecule has 1 N–H and O–H groups in total. The number of carbonyl (C=O) groups excluding carboxylic acids is 1. The lowest BCUT2D eigenvalue weighted by Gasteiger charge is -2.50. The third-order valence-electron chi connectivity index (χ3n) is 6.02. The van der Waals surface area contributed by atoms with Gasteiger partial charge in [-0.25, -0.2) is 0 Å². The Balaban J connectivity index is 1.30. The van der Waals surface area contributed by atoms with Gasteiger partial charge in [-0.05, 0) is 31.4 Å². The van der Waals surface area contributed by atoms with Crippen molar-refractivity contribution in [1.82, 2.24) is 15.2 Å². The average Bonchev–Trinajstić information content (AvgIpc) is 3.09. The number of pyridine rings is 1. The lowest BCUT2D eigenvalue weighted by Crippen LogP contribution is -2.64. The first-order valence-electron chi connectivity index (χ1n) is 9.34. The molecule has 25 heavy (non-hydrogen) atoms. The molecule has 1 aromatic heterocycles. The SMILES string of the molecule is COC[C@H]1[C@H](NC2CCN(C(=O)c3ccncc3)CC2)[C@H]2CCO[C@H]21. The molecule has 0 spiro atoms. The zero-order chi connectivity index (χ0) is 17.2. The Hall–Kier alpha value is -1.50. The molecule has 6 heteroatoms. The number of ether oxygens (including phenoxy) is 2. The van der Waals surface area contributed by atoms with Crippen LogP contribution >= 0.6 is 0 Å². The fraction of sp³-hybridized carbons (Fsp3) is 0.684. The fourth-order valence-electron chi connectivity index (χ4n) is 4.67. The highest BCUT2D eigenvalue weighted by atomic mass is 16.5. The van der Waals surface area contributed by atoms with E-state index in [0.29, 0.717) is 30.0 Å². The highest BCUT2D eigenvalue weighted by Gasteiger charge is 2.54. The maximum atomic E-state index is 12.5. The number of rotatable bonds is 5. The quantitative estimate of drug-likeness (QED) is 0.872. The molecule has 4 rings (SSSR count). The minimum absolute atomic E-state index is 0.117. The Kier molecular flexibility index (Phi) is 5.01. The molecule has 3 aliphatic rings. The highest BCUT2D eigenvalue weighted by Crippen LogP contribution is 2.44. The Morgan fingerprint density at radius 2 is 2.08 bits per heavy atom. The number of piperidine rings is 1. The van der Waals surface area contributed by atoms with Crippen LogP contribution in [-0.4, -0.2) is 67.4 Å². The van der Waals surface area contributed by atoms with E-state index in [0.717, 1.165) is 51.1 Å². The second-order valence-electron chi connectivity index (χ2n) is 7.40. The maximum Gasteiger partial charge on any atom is 0.253 e. The van der Waals surface area contributed by atoms with Gasteiger partial charge >= 0.3 is 0 Å². The fourth-order valence-corrected chi connectivity index (χ4v) is 4.67.